The third kappa shape index (κ3) is 6.22. The number of ether oxygens (including phenoxy) is 3. The Labute approximate surface area is 288 Å². The third-order valence-electron chi connectivity index (χ3n) is 9.60. The van der Waals surface area contributed by atoms with E-state index in [1.165, 1.54) is 12.0 Å². The van der Waals surface area contributed by atoms with E-state index in [2.05, 4.69) is 21.2 Å². The Kier molecular flexibility index (Phi) is 10.2. The van der Waals surface area contributed by atoms with Crippen molar-refractivity contribution in [3.63, 3.8) is 0 Å². The number of benzene rings is 2. The molecule has 8 atom stereocenters. The van der Waals surface area contributed by atoms with Gasteiger partial charge in [-0.2, -0.15) is 0 Å². The van der Waals surface area contributed by atoms with Gasteiger partial charge in [-0.05, 0) is 30.5 Å². The first-order chi connectivity index (χ1) is 23.2. The van der Waals surface area contributed by atoms with Gasteiger partial charge in [-0.3, -0.25) is 19.2 Å². The first-order valence-electron chi connectivity index (χ1n) is 16.2. The molecule has 0 radical (unpaired) electrons. The second-order valence-corrected chi connectivity index (χ2v) is 13.6. The number of halogens is 1. The lowest BCUT2D eigenvalue weighted by atomic mass is 9.74. The minimum absolute atomic E-state index is 0.0573. The molecule has 1 spiro atoms. The first kappa shape index (κ1) is 34.0. The summed E-state index contributed by atoms with van der Waals surface area (Å²) >= 11 is 3.58. The topological polar surface area (TPSA) is 135 Å². The number of likely N-dealkylation sites (tertiary alicyclic amines) is 1. The van der Waals surface area contributed by atoms with Gasteiger partial charge >= 0.3 is 5.97 Å². The number of carbonyl (C=O) groups excluding carboxylic acids is 4. The van der Waals surface area contributed by atoms with Crippen molar-refractivity contribution >= 4 is 39.6 Å². The fourth-order valence-corrected chi connectivity index (χ4v) is 8.14. The molecule has 4 aliphatic rings. The fraction of sp³-hybridized carbons (Fsp3) is 0.444. The second kappa shape index (κ2) is 14.3. The summed E-state index contributed by atoms with van der Waals surface area (Å²) < 4.78 is 18.9. The Balaban J connectivity index is 1.46. The van der Waals surface area contributed by atoms with Crippen LogP contribution < -0.4 is 5.32 Å². The second-order valence-electron chi connectivity index (χ2n) is 12.7. The van der Waals surface area contributed by atoms with Crippen molar-refractivity contribution < 1.29 is 38.5 Å². The fourth-order valence-electron chi connectivity index (χ4n) is 7.40. The largest absolute Gasteiger partial charge is 0.455 e. The van der Waals surface area contributed by atoms with Gasteiger partial charge < -0.3 is 34.4 Å². The van der Waals surface area contributed by atoms with Crippen LogP contribution in [0.15, 0.2) is 83.4 Å². The van der Waals surface area contributed by atoms with Crippen LogP contribution in [0.3, 0.4) is 0 Å². The van der Waals surface area contributed by atoms with Crippen LogP contribution in [0, 0.1) is 11.8 Å². The molecule has 254 valence electrons. The van der Waals surface area contributed by atoms with Crippen LogP contribution in [0.4, 0.5) is 0 Å². The molecule has 48 heavy (non-hydrogen) atoms. The number of nitrogens with zero attached hydrogens (tertiary/aromatic N) is 2. The van der Waals surface area contributed by atoms with Gasteiger partial charge in [0.2, 0.25) is 17.7 Å². The number of methoxy groups -OCH3 is 1. The van der Waals surface area contributed by atoms with Crippen LogP contribution in [-0.2, 0) is 39.9 Å². The molecule has 2 aromatic rings. The lowest BCUT2D eigenvalue weighted by Gasteiger charge is -2.37. The van der Waals surface area contributed by atoms with E-state index in [0.29, 0.717) is 16.5 Å². The van der Waals surface area contributed by atoms with Crippen molar-refractivity contribution in [1.82, 2.24) is 15.1 Å². The van der Waals surface area contributed by atoms with Gasteiger partial charge in [0, 0.05) is 31.1 Å². The molecule has 2 saturated heterocycles. The predicted octanol–water partition coefficient (Wildman–Crippen LogP) is 3.03. The number of cyclic esters (lactones) is 1. The van der Waals surface area contributed by atoms with E-state index in [1.54, 1.807) is 30.0 Å². The van der Waals surface area contributed by atoms with E-state index in [0.717, 1.165) is 5.56 Å². The Hall–Kier alpha value is -3.84. The number of aliphatic hydroxyl groups is 1. The lowest BCUT2D eigenvalue weighted by molar-refractivity contribution is -0.163. The lowest BCUT2D eigenvalue weighted by Crippen LogP contribution is -2.57. The van der Waals surface area contributed by atoms with Gasteiger partial charge in [-0.1, -0.05) is 88.7 Å². The van der Waals surface area contributed by atoms with E-state index < -0.39 is 66.3 Å². The highest BCUT2D eigenvalue weighted by molar-refractivity contribution is 9.11. The van der Waals surface area contributed by atoms with Gasteiger partial charge in [0.15, 0.2) is 0 Å². The number of nitrogens with one attached hydrogen (secondary N) is 1. The Morgan fingerprint density at radius 2 is 1.73 bits per heavy atom. The van der Waals surface area contributed by atoms with Crippen molar-refractivity contribution in [2.75, 3.05) is 26.9 Å². The van der Waals surface area contributed by atoms with E-state index in [9.17, 15) is 24.3 Å². The van der Waals surface area contributed by atoms with Crippen molar-refractivity contribution in [3.8, 4) is 0 Å². The molecule has 0 unspecified atom stereocenters. The van der Waals surface area contributed by atoms with Gasteiger partial charge in [-0.15, -0.1) is 0 Å². The van der Waals surface area contributed by atoms with Crippen LogP contribution in [0.2, 0.25) is 0 Å². The molecule has 6 rings (SSSR count). The molecular formula is C36H40BrN3O8. The van der Waals surface area contributed by atoms with Crippen LogP contribution >= 0.6 is 15.9 Å². The third-order valence-corrected chi connectivity index (χ3v) is 10.3. The van der Waals surface area contributed by atoms with E-state index >= 15 is 0 Å². The summed E-state index contributed by atoms with van der Waals surface area (Å²) in [6, 6.07) is 15.9. The van der Waals surface area contributed by atoms with E-state index in [4.69, 9.17) is 14.2 Å². The maximum atomic E-state index is 14.8. The summed E-state index contributed by atoms with van der Waals surface area (Å²) in [7, 11) is 1.50. The zero-order valence-electron chi connectivity index (χ0n) is 26.9. The van der Waals surface area contributed by atoms with Gasteiger partial charge in [0.25, 0.3) is 0 Å². The van der Waals surface area contributed by atoms with Crippen LogP contribution in [0.1, 0.15) is 37.0 Å². The van der Waals surface area contributed by atoms with Crippen molar-refractivity contribution in [2.45, 2.75) is 62.2 Å². The number of rotatable bonds is 7. The zero-order chi connectivity index (χ0) is 34.0. The molecule has 5 bridgehead atoms. The quantitative estimate of drug-likeness (QED) is 0.329. The number of allylic oxidation sites excluding steroid dienone is 1. The molecule has 2 aromatic carbocycles. The highest BCUT2D eigenvalue weighted by Crippen LogP contribution is 2.59. The molecule has 0 aliphatic carbocycles. The molecule has 3 amide bonds. The Morgan fingerprint density at radius 1 is 1.02 bits per heavy atom. The first-order valence-corrected chi connectivity index (χ1v) is 17.0. The number of hydrogen-bond donors (Lipinski definition) is 2. The highest BCUT2D eigenvalue weighted by atomic mass is 79.9. The molecular weight excluding hydrogens is 682 g/mol. The number of hydrogen-bond acceptors (Lipinski definition) is 8. The molecule has 12 heteroatoms. The molecule has 0 aromatic heterocycles. The van der Waals surface area contributed by atoms with Gasteiger partial charge in [-0.25, -0.2) is 0 Å². The smallest absolute Gasteiger partial charge is 0.313 e. The summed E-state index contributed by atoms with van der Waals surface area (Å²) in [6.07, 6.45) is 4.17. The van der Waals surface area contributed by atoms with Crippen molar-refractivity contribution in [1.29, 1.82) is 0 Å². The normalized spacial score (nSPS) is 32.0. The number of amides is 3. The van der Waals surface area contributed by atoms with Crippen molar-refractivity contribution in [2.24, 2.45) is 11.8 Å². The summed E-state index contributed by atoms with van der Waals surface area (Å²) in [6.45, 7) is 1.78. The molecule has 2 N–H and O–H groups in total. The number of aliphatic hydroxyl groups excluding tert-OH is 1. The van der Waals surface area contributed by atoms with Crippen LogP contribution in [0.25, 0.3) is 0 Å². The number of carbonyl (C=O) groups is 4. The predicted molar refractivity (Wildman–Crippen MR) is 178 cm³/mol. The average molecular weight is 723 g/mol. The minimum atomic E-state index is -1.49. The summed E-state index contributed by atoms with van der Waals surface area (Å²) in [4.78, 5) is 59.9. The van der Waals surface area contributed by atoms with Crippen LogP contribution in [-0.4, -0.2) is 95.3 Å². The average Bonchev–Trinajstić information content (AvgIpc) is 3.69. The maximum Gasteiger partial charge on any atom is 0.313 e. The molecule has 11 nitrogen and oxygen atoms in total. The van der Waals surface area contributed by atoms with Crippen molar-refractivity contribution in [3.05, 3.63) is 94.5 Å². The summed E-state index contributed by atoms with van der Waals surface area (Å²) in [5.41, 5.74) is 0.0349. The highest BCUT2D eigenvalue weighted by Gasteiger charge is 2.75. The SMILES string of the molecule is COC[C@@H]1NC(=O)CC/C=C\CN(Cc2ccccc2)C(=O)[C@H]2N([C@H](C)CO)C(=O)[C@@H]3[C@@H](C(=O)O[C@H]1c1ccccc1)[C@@H]1O[C@@]32C=C1Br. The Bertz CT molecular complexity index is 1590. The van der Waals surface area contributed by atoms with Crippen LogP contribution in [0.5, 0.6) is 0 Å². The zero-order valence-corrected chi connectivity index (χ0v) is 28.5. The number of esters is 1. The minimum Gasteiger partial charge on any atom is -0.455 e. The van der Waals surface area contributed by atoms with E-state index in [-0.39, 0.29) is 37.9 Å². The molecule has 4 heterocycles. The summed E-state index contributed by atoms with van der Waals surface area (Å²) in [5.74, 6) is -4.00. The Morgan fingerprint density at radius 3 is 2.42 bits per heavy atom. The standard InChI is InChI=1S/C36H40BrN3O8/c1-22(20-41)40-32-34(44)39(19-23-12-6-3-7-13-23)17-11-5-10-16-27(42)38-26(21-46-2)30(24-14-8-4-9-15-24)47-35(45)28-29(33(40)43)36(32)18-25(37)31(28)48-36/h3-9,11-15,18,22,26,28-32,41H,10,16-17,19-21H2,1-2H3,(H,38,42)/b11-5-/t22-,26+,28-,29+,30+,31-,32-,36+/m1/s1. The molecule has 4 aliphatic heterocycles. The summed E-state index contributed by atoms with van der Waals surface area (Å²) in [5, 5.41) is 13.3. The van der Waals surface area contributed by atoms with Gasteiger partial charge in [0.05, 0.1) is 31.2 Å². The van der Waals surface area contributed by atoms with Gasteiger partial charge in [0.1, 0.15) is 29.8 Å². The molecule has 2 fully saturated rings. The maximum absolute atomic E-state index is 14.8. The molecule has 0 saturated carbocycles. The number of fused-ring (bicyclic) bond motifs is 2. The monoisotopic (exact) mass is 721 g/mol. The van der Waals surface area contributed by atoms with E-state index in [1.807, 2.05) is 60.7 Å².